The van der Waals surface area contributed by atoms with Crippen LogP contribution >= 0.6 is 0 Å². The summed E-state index contributed by atoms with van der Waals surface area (Å²) >= 11 is 0. The zero-order valence-electron chi connectivity index (χ0n) is 16.7. The smallest absolute Gasteiger partial charge is 0.258 e. The van der Waals surface area contributed by atoms with Crippen LogP contribution in [0.5, 0.6) is 11.5 Å². The van der Waals surface area contributed by atoms with E-state index in [1.165, 1.54) is 0 Å². The van der Waals surface area contributed by atoms with Gasteiger partial charge in [-0.2, -0.15) is 0 Å². The number of hydrogen-bond donors (Lipinski definition) is 1. The van der Waals surface area contributed by atoms with Crippen LogP contribution in [0.15, 0.2) is 43.0 Å². The fourth-order valence-corrected chi connectivity index (χ4v) is 3.59. The van der Waals surface area contributed by atoms with E-state index in [-0.39, 0.29) is 24.4 Å². The molecule has 0 aromatic heterocycles. The molecule has 0 unspecified atom stereocenters. The second-order valence-electron chi connectivity index (χ2n) is 7.30. The van der Waals surface area contributed by atoms with Crippen LogP contribution in [0.1, 0.15) is 52.4 Å². The van der Waals surface area contributed by atoms with Crippen molar-refractivity contribution in [2.45, 2.75) is 39.3 Å². The monoisotopic (exact) mass is 381 g/mol. The van der Waals surface area contributed by atoms with E-state index in [0.29, 0.717) is 36.4 Å². The predicted octanol–water partition coefficient (Wildman–Crippen LogP) is 4.38. The molecule has 148 valence electrons. The summed E-state index contributed by atoms with van der Waals surface area (Å²) in [5.41, 5.74) is 4.03. The summed E-state index contributed by atoms with van der Waals surface area (Å²) in [4.78, 5) is 15.0. The number of fused-ring (bicyclic) bond motifs is 1. The fourth-order valence-electron chi connectivity index (χ4n) is 3.59. The third-order valence-corrected chi connectivity index (χ3v) is 5.03. The summed E-state index contributed by atoms with van der Waals surface area (Å²) in [5.74, 6) is 0.449. The number of hydrogen-bond acceptors (Lipinski definition) is 4. The molecule has 1 amide bonds. The lowest BCUT2D eigenvalue weighted by molar-refractivity contribution is 0.0494. The van der Waals surface area contributed by atoms with Crippen molar-refractivity contribution in [1.29, 1.82) is 0 Å². The number of methoxy groups -OCH3 is 1. The average Bonchev–Trinajstić information content (AvgIpc) is 3.12. The highest BCUT2D eigenvalue weighted by molar-refractivity contribution is 5.98. The molecule has 5 nitrogen and oxygen atoms in total. The molecule has 2 aromatic carbocycles. The summed E-state index contributed by atoms with van der Waals surface area (Å²) in [7, 11) is 1.55. The molecule has 1 N–H and O–H groups in total. The van der Waals surface area contributed by atoms with Gasteiger partial charge in [0.05, 0.1) is 5.56 Å². The highest BCUT2D eigenvalue weighted by Crippen LogP contribution is 2.40. The predicted molar refractivity (Wildman–Crippen MR) is 109 cm³/mol. The van der Waals surface area contributed by atoms with Crippen molar-refractivity contribution in [1.82, 2.24) is 4.90 Å². The third-order valence-electron chi connectivity index (χ3n) is 5.03. The number of allylic oxidation sites excluding steroid dienone is 1. The Labute approximate surface area is 166 Å². The van der Waals surface area contributed by atoms with Crippen LogP contribution in [-0.2, 0) is 24.2 Å². The Morgan fingerprint density at radius 1 is 1.29 bits per heavy atom. The summed E-state index contributed by atoms with van der Waals surface area (Å²) in [6.45, 7) is 9.00. The zero-order valence-corrected chi connectivity index (χ0v) is 16.7. The number of carbonyl (C=O) groups excluding carboxylic acids is 1. The molecule has 0 radical (unpaired) electrons. The molecule has 0 fully saturated rings. The lowest BCUT2D eigenvalue weighted by atomic mass is 9.93. The Morgan fingerprint density at radius 3 is 2.46 bits per heavy atom. The van der Waals surface area contributed by atoms with E-state index < -0.39 is 0 Å². The van der Waals surface area contributed by atoms with Crippen LogP contribution in [0.25, 0.3) is 0 Å². The molecule has 0 bridgehead atoms. The number of aromatic hydroxyl groups is 1. The van der Waals surface area contributed by atoms with Crippen molar-refractivity contribution < 1.29 is 19.4 Å². The largest absolute Gasteiger partial charge is 0.507 e. The molecule has 3 rings (SSSR count). The molecule has 1 aliphatic rings. The topological polar surface area (TPSA) is 59.0 Å². The molecule has 0 saturated heterocycles. The minimum atomic E-state index is -0.181. The lowest BCUT2D eigenvalue weighted by Gasteiger charge is -2.23. The van der Waals surface area contributed by atoms with E-state index in [0.717, 1.165) is 16.7 Å². The first-order chi connectivity index (χ1) is 13.5. The van der Waals surface area contributed by atoms with Gasteiger partial charge in [0, 0.05) is 25.8 Å². The molecule has 1 heterocycles. The van der Waals surface area contributed by atoms with Gasteiger partial charge in [-0.3, -0.25) is 4.79 Å². The van der Waals surface area contributed by atoms with Gasteiger partial charge >= 0.3 is 0 Å². The van der Waals surface area contributed by atoms with Crippen LogP contribution in [0.2, 0.25) is 0 Å². The number of phenols is 1. The maximum absolute atomic E-state index is 13.3. The molecule has 0 aliphatic carbocycles. The molecule has 0 saturated carbocycles. The minimum Gasteiger partial charge on any atom is -0.507 e. The van der Waals surface area contributed by atoms with Crippen LogP contribution in [0.3, 0.4) is 0 Å². The summed E-state index contributed by atoms with van der Waals surface area (Å²) in [5, 5.41) is 10.9. The Bertz CT molecular complexity index is 863. The van der Waals surface area contributed by atoms with Crippen LogP contribution in [-0.4, -0.2) is 29.8 Å². The van der Waals surface area contributed by atoms with E-state index in [9.17, 15) is 9.90 Å². The SMILES string of the molecule is C=CCc1c(O)c(C(=O)N2Cc3ccccc3C2)cc(C(C)C)c1OCOC. The number of amides is 1. The first-order valence-electron chi connectivity index (χ1n) is 9.45. The second kappa shape index (κ2) is 8.48. The Morgan fingerprint density at radius 2 is 1.93 bits per heavy atom. The molecule has 0 spiro atoms. The molecular weight excluding hydrogens is 354 g/mol. The maximum Gasteiger partial charge on any atom is 0.258 e. The highest BCUT2D eigenvalue weighted by Gasteiger charge is 2.29. The van der Waals surface area contributed by atoms with Gasteiger partial charge < -0.3 is 19.5 Å². The normalized spacial score (nSPS) is 12.9. The van der Waals surface area contributed by atoms with Crippen molar-refractivity contribution in [3.8, 4) is 11.5 Å². The lowest BCUT2D eigenvalue weighted by Crippen LogP contribution is -2.26. The Hall–Kier alpha value is -2.79. The van der Waals surface area contributed by atoms with Crippen molar-refractivity contribution in [3.63, 3.8) is 0 Å². The second-order valence-corrected chi connectivity index (χ2v) is 7.30. The van der Waals surface area contributed by atoms with Crippen molar-refractivity contribution in [2.24, 2.45) is 0 Å². The van der Waals surface area contributed by atoms with E-state index in [4.69, 9.17) is 9.47 Å². The molecular formula is C23H27NO4. The van der Waals surface area contributed by atoms with E-state index in [2.05, 4.69) is 6.58 Å². The fraction of sp³-hybridized carbons (Fsp3) is 0.348. The van der Waals surface area contributed by atoms with Gasteiger partial charge in [0.15, 0.2) is 6.79 Å². The highest BCUT2D eigenvalue weighted by atomic mass is 16.7. The minimum absolute atomic E-state index is 0.0450. The number of ether oxygens (including phenoxy) is 2. The first-order valence-corrected chi connectivity index (χ1v) is 9.45. The number of phenolic OH excluding ortho intramolecular Hbond substituents is 1. The van der Waals surface area contributed by atoms with Crippen LogP contribution in [0.4, 0.5) is 0 Å². The number of benzene rings is 2. The summed E-state index contributed by atoms with van der Waals surface area (Å²) in [6.07, 6.45) is 2.09. The molecule has 5 heteroatoms. The number of nitrogens with zero attached hydrogens (tertiary/aromatic N) is 1. The van der Waals surface area contributed by atoms with Crippen molar-refractivity contribution in [3.05, 3.63) is 70.8 Å². The van der Waals surface area contributed by atoms with E-state index in [1.807, 2.05) is 38.1 Å². The Balaban J connectivity index is 2.03. The molecule has 2 aromatic rings. The van der Waals surface area contributed by atoms with Crippen molar-refractivity contribution in [2.75, 3.05) is 13.9 Å². The summed E-state index contributed by atoms with van der Waals surface area (Å²) in [6, 6.07) is 9.78. The van der Waals surface area contributed by atoms with Gasteiger partial charge in [-0.1, -0.05) is 44.2 Å². The van der Waals surface area contributed by atoms with Crippen molar-refractivity contribution >= 4 is 5.91 Å². The van der Waals surface area contributed by atoms with Gasteiger partial charge in [-0.15, -0.1) is 6.58 Å². The van der Waals surface area contributed by atoms with E-state index >= 15 is 0 Å². The average molecular weight is 381 g/mol. The summed E-state index contributed by atoms with van der Waals surface area (Å²) < 4.78 is 10.8. The van der Waals surface area contributed by atoms with Gasteiger partial charge in [0.2, 0.25) is 0 Å². The number of rotatable bonds is 7. The van der Waals surface area contributed by atoms with Gasteiger partial charge in [-0.05, 0) is 35.1 Å². The number of carbonyl (C=O) groups is 1. The first kappa shape index (κ1) is 20.0. The standard InChI is InChI=1S/C23H27NO4/c1-5-8-18-21(25)20(11-19(15(2)3)22(18)28-14-27-4)23(26)24-12-16-9-6-7-10-17(16)13-24/h5-7,9-11,15,25H,1,8,12-14H2,2-4H3. The Kier molecular flexibility index (Phi) is 6.05. The van der Waals surface area contributed by atoms with Gasteiger partial charge in [0.25, 0.3) is 5.91 Å². The zero-order chi connectivity index (χ0) is 20.3. The van der Waals surface area contributed by atoms with Crippen LogP contribution < -0.4 is 4.74 Å². The molecule has 0 atom stereocenters. The maximum atomic E-state index is 13.3. The molecule has 28 heavy (non-hydrogen) atoms. The van der Waals surface area contributed by atoms with Gasteiger partial charge in [-0.25, -0.2) is 0 Å². The van der Waals surface area contributed by atoms with Crippen LogP contribution in [0, 0.1) is 0 Å². The third kappa shape index (κ3) is 3.76. The molecule has 1 aliphatic heterocycles. The van der Waals surface area contributed by atoms with Gasteiger partial charge in [0.1, 0.15) is 11.5 Å². The quantitative estimate of drug-likeness (QED) is 0.571. The van der Waals surface area contributed by atoms with E-state index in [1.54, 1.807) is 24.2 Å².